The zero-order chi connectivity index (χ0) is 24.6. The minimum atomic E-state index is -1.74. The summed E-state index contributed by atoms with van der Waals surface area (Å²) in [6, 6.07) is 19.3. The van der Waals surface area contributed by atoms with Gasteiger partial charge in [-0.25, -0.2) is 6.08 Å². The molecule has 0 amide bonds. The van der Waals surface area contributed by atoms with Crippen LogP contribution in [0.4, 0.5) is 0 Å². The summed E-state index contributed by atoms with van der Waals surface area (Å²) in [4.78, 5) is 0. The van der Waals surface area contributed by atoms with E-state index in [-0.39, 0.29) is 30.2 Å². The second-order valence-corrected chi connectivity index (χ2v) is 24.6. The normalized spacial score (nSPS) is 12.4. The maximum atomic E-state index is 6.44. The maximum Gasteiger partial charge on any atom is -0.0771 e. The van der Waals surface area contributed by atoms with Gasteiger partial charge in [0.15, 0.2) is 0 Å². The first kappa shape index (κ1) is 34.5. The van der Waals surface area contributed by atoms with Crippen LogP contribution >= 0.6 is 0 Å². The molecule has 0 bridgehead atoms. The van der Waals surface area contributed by atoms with Gasteiger partial charge >= 0.3 is 41.9 Å². The molecule has 3 aromatic carbocycles. The molecule has 0 unspecified atom stereocenters. The third-order valence-corrected chi connectivity index (χ3v) is 12.2. The van der Waals surface area contributed by atoms with Crippen LogP contribution in [0, 0.1) is 6.08 Å². The minimum absolute atomic E-state index is 0. The van der Waals surface area contributed by atoms with Gasteiger partial charge in [0.2, 0.25) is 0 Å². The third-order valence-electron chi connectivity index (χ3n) is 6.18. The zero-order valence-electron chi connectivity index (χ0n) is 22.5. The summed E-state index contributed by atoms with van der Waals surface area (Å²) in [5.74, 6) is 0.989. The molecule has 0 saturated heterocycles. The second kappa shape index (κ2) is 16.4. The Kier molecular flexibility index (Phi) is 16.1. The predicted molar refractivity (Wildman–Crippen MR) is 147 cm³/mol. The average Bonchev–Trinajstić information content (AvgIpc) is 3.38. The molecule has 190 valence electrons. The van der Waals surface area contributed by atoms with Crippen molar-refractivity contribution in [3.8, 4) is 0 Å². The number of rotatable bonds is 5. The summed E-state index contributed by atoms with van der Waals surface area (Å²) in [7, 11) is -1.74. The van der Waals surface area contributed by atoms with Crippen LogP contribution in [0.2, 0.25) is 29.7 Å². The topological polar surface area (TPSA) is 9.23 Å². The average molecular weight is 623 g/mol. The van der Waals surface area contributed by atoms with Crippen molar-refractivity contribution in [2.24, 2.45) is 0 Å². The van der Waals surface area contributed by atoms with Gasteiger partial charge in [0.25, 0.3) is 8.32 Å². The fraction of sp³-hybridized carbons (Fsp3) is 0.414. The van der Waals surface area contributed by atoms with Crippen LogP contribution in [0.1, 0.15) is 48.0 Å². The third kappa shape index (κ3) is 9.38. The number of halogens is 2. The van der Waals surface area contributed by atoms with E-state index in [4.69, 9.17) is 4.43 Å². The SMILES string of the molecule is CC(C)[Si](OC1=[C-]CC=C1)(C(C)C)C(C)C.C[Si](C)=[Zr+2].[Cl-].[Cl-].c1ccc2c(c1)[cH-]c1ccccc12. The largest absolute Gasteiger partial charge is 1.00 e. The minimum Gasteiger partial charge on any atom is -1.00 e. The van der Waals surface area contributed by atoms with E-state index in [0.29, 0.717) is 16.6 Å². The van der Waals surface area contributed by atoms with Gasteiger partial charge in [-0.3, -0.25) is 0 Å². The van der Waals surface area contributed by atoms with Gasteiger partial charge in [0, 0.05) is 0 Å². The molecule has 0 N–H and O–H groups in total. The van der Waals surface area contributed by atoms with Gasteiger partial charge in [-0.1, -0.05) is 83.7 Å². The molecule has 0 aromatic heterocycles. The molecular formula is C29H40Cl2OSi2Zr-2. The summed E-state index contributed by atoms with van der Waals surface area (Å²) in [6.45, 7) is 18.5. The van der Waals surface area contributed by atoms with Crippen molar-refractivity contribution in [2.45, 2.75) is 77.7 Å². The molecule has 0 aliphatic heterocycles. The summed E-state index contributed by atoms with van der Waals surface area (Å²) >= 11 is 1.74. The van der Waals surface area contributed by atoms with E-state index in [1.54, 1.807) is 23.3 Å². The van der Waals surface area contributed by atoms with Crippen molar-refractivity contribution in [1.29, 1.82) is 0 Å². The van der Waals surface area contributed by atoms with Crippen molar-refractivity contribution in [2.75, 3.05) is 0 Å². The number of hydrogen-bond acceptors (Lipinski definition) is 1. The number of fused-ring (bicyclic) bond motifs is 3. The fourth-order valence-corrected chi connectivity index (χ4v) is 10.1. The number of allylic oxidation sites excluding steroid dienone is 3. The van der Waals surface area contributed by atoms with Crippen LogP contribution in [0.3, 0.4) is 0 Å². The van der Waals surface area contributed by atoms with E-state index < -0.39 is 8.32 Å². The Labute approximate surface area is 242 Å². The Bertz CT molecular complexity index is 1040. The van der Waals surface area contributed by atoms with Gasteiger partial charge < -0.3 is 29.2 Å². The Morgan fingerprint density at radius 3 is 1.57 bits per heavy atom. The van der Waals surface area contributed by atoms with Crippen LogP contribution < -0.4 is 24.8 Å². The molecule has 0 spiro atoms. The summed E-state index contributed by atoms with van der Waals surface area (Å²) < 4.78 is 6.44. The molecule has 4 rings (SSSR count). The van der Waals surface area contributed by atoms with Crippen molar-refractivity contribution < 1.29 is 52.6 Å². The van der Waals surface area contributed by atoms with Crippen molar-refractivity contribution in [3.63, 3.8) is 0 Å². The fourth-order valence-electron chi connectivity index (χ4n) is 4.90. The molecule has 6 heteroatoms. The quantitative estimate of drug-likeness (QED) is 0.314. The number of benzene rings is 2. The number of hydrogen-bond donors (Lipinski definition) is 0. The predicted octanol–water partition coefficient (Wildman–Crippen LogP) is 3.33. The molecule has 0 atom stereocenters. The standard InChI is InChI=1S/C14H25OSi.C13H9.C2H6Si.2ClH.Zr/c1-11(2)16(12(3)4,13(5)6)15-14-9-7-8-10-14;1-3-7-12-10(5-1)9-11-6-2-4-8-13(11)12;1-3-2;;;/h7,9,11-13H,8H2,1-6H3;1-9H;1-2H3;2*1H;/q2*-1;;;;+2/p-2. The van der Waals surface area contributed by atoms with Gasteiger partial charge in [-0.2, -0.15) is 12.2 Å². The first-order valence-corrected chi connectivity index (χ1v) is 20.4. The van der Waals surface area contributed by atoms with E-state index in [0.717, 1.165) is 12.2 Å². The van der Waals surface area contributed by atoms with E-state index in [2.05, 4.69) is 127 Å². The second-order valence-electron chi connectivity index (χ2n) is 9.89. The van der Waals surface area contributed by atoms with Crippen molar-refractivity contribution in [1.82, 2.24) is 0 Å². The Hall–Kier alpha value is -0.513. The van der Waals surface area contributed by atoms with Gasteiger partial charge in [-0.15, -0.1) is 46.2 Å². The molecular weight excluding hydrogens is 583 g/mol. The van der Waals surface area contributed by atoms with E-state index in [1.165, 1.54) is 21.5 Å². The van der Waals surface area contributed by atoms with Gasteiger partial charge in [-0.05, 0) is 16.6 Å². The molecule has 0 fully saturated rings. The Morgan fingerprint density at radius 1 is 0.829 bits per heavy atom. The molecule has 0 radical (unpaired) electrons. The van der Waals surface area contributed by atoms with E-state index in [9.17, 15) is 0 Å². The van der Waals surface area contributed by atoms with Crippen LogP contribution in [0.5, 0.6) is 0 Å². The molecule has 3 aromatic rings. The van der Waals surface area contributed by atoms with Crippen LogP contribution in [0.25, 0.3) is 21.5 Å². The molecule has 1 aliphatic carbocycles. The molecule has 35 heavy (non-hydrogen) atoms. The van der Waals surface area contributed by atoms with Crippen LogP contribution in [0.15, 0.2) is 72.5 Å². The summed E-state index contributed by atoms with van der Waals surface area (Å²) in [5.41, 5.74) is 2.12. The smallest absolute Gasteiger partial charge is 0.0771 e. The first-order chi connectivity index (χ1) is 15.6. The maximum absolute atomic E-state index is 6.44. The van der Waals surface area contributed by atoms with Crippen LogP contribution in [-0.4, -0.2) is 13.8 Å². The van der Waals surface area contributed by atoms with Crippen molar-refractivity contribution >= 4 is 35.3 Å². The Balaban J connectivity index is 0.000000551. The first-order valence-electron chi connectivity index (χ1n) is 12.1. The molecule has 1 nitrogen and oxygen atoms in total. The van der Waals surface area contributed by atoms with E-state index in [1.807, 2.05) is 0 Å². The van der Waals surface area contributed by atoms with E-state index >= 15 is 0 Å². The monoisotopic (exact) mass is 620 g/mol. The van der Waals surface area contributed by atoms with Gasteiger partial charge in [0.05, 0.1) is 0 Å². The summed E-state index contributed by atoms with van der Waals surface area (Å²) in [5, 5.41) is 5.39. The Morgan fingerprint density at radius 2 is 1.23 bits per heavy atom. The molecule has 1 aliphatic rings. The van der Waals surface area contributed by atoms with Crippen LogP contribution in [-0.2, 0) is 27.8 Å². The van der Waals surface area contributed by atoms with Gasteiger partial charge in [0.1, 0.15) is 0 Å². The molecule has 0 saturated carbocycles. The zero-order valence-corrected chi connectivity index (χ0v) is 28.4. The van der Waals surface area contributed by atoms with Crippen molar-refractivity contribution in [3.05, 3.63) is 78.6 Å². The summed E-state index contributed by atoms with van der Waals surface area (Å²) in [6.07, 6.45) is 8.40. The molecule has 0 heterocycles.